The van der Waals surface area contributed by atoms with E-state index in [1.165, 1.54) is 12.1 Å². The third-order valence-electron chi connectivity index (χ3n) is 9.34. The minimum atomic E-state index is -1.80. The van der Waals surface area contributed by atoms with Crippen molar-refractivity contribution in [3.05, 3.63) is 107 Å². The Labute approximate surface area is 258 Å². The molecule has 222 valence electrons. The second-order valence-corrected chi connectivity index (χ2v) is 12.1. The lowest BCUT2D eigenvalue weighted by Gasteiger charge is -2.31. The smallest absolute Gasteiger partial charge is 0.325 e. The van der Waals surface area contributed by atoms with Gasteiger partial charge in [-0.2, -0.15) is 0 Å². The summed E-state index contributed by atoms with van der Waals surface area (Å²) in [5.41, 5.74) is 2.76. The lowest BCUT2D eigenvalue weighted by molar-refractivity contribution is -0.148. The van der Waals surface area contributed by atoms with Gasteiger partial charge >= 0.3 is 5.97 Å². The Balaban J connectivity index is 1.41. The van der Waals surface area contributed by atoms with Crippen LogP contribution in [0.3, 0.4) is 0 Å². The van der Waals surface area contributed by atoms with Crippen LogP contribution in [0.5, 0.6) is 5.75 Å². The fourth-order valence-corrected chi connectivity index (χ4v) is 7.42. The number of hydrogen-bond acceptors (Lipinski definition) is 5. The van der Waals surface area contributed by atoms with Gasteiger partial charge in [0.1, 0.15) is 11.3 Å². The molecule has 2 aliphatic rings. The number of carboxylic acid groups (broad SMARTS) is 1. The summed E-state index contributed by atoms with van der Waals surface area (Å²) in [5.74, 6) is -4.41. The van der Waals surface area contributed by atoms with Crippen molar-refractivity contribution in [2.45, 2.75) is 38.4 Å². The number of rotatable bonds is 6. The van der Waals surface area contributed by atoms with Crippen molar-refractivity contribution in [2.75, 3.05) is 4.90 Å². The Bertz CT molecular complexity index is 2000. The van der Waals surface area contributed by atoms with Gasteiger partial charge in [-0.3, -0.25) is 19.7 Å². The second-order valence-electron chi connectivity index (χ2n) is 11.7. The standard InChI is InChI=1S/C35H30ClN3O5/c1-3-38-27-7-5-4-6-24(27)25-16-21(11-15-28(25)38)31-29-30(33(42)39(32(29)41)22-12-8-19(2)26(36)17-22)35(37-31,34(43)44)18-20-9-13-23(40)14-10-20/h4-17,29-31,37,40H,3,18H2,1-2H3,(H,43,44). The molecule has 5 aromatic rings. The van der Waals surface area contributed by atoms with Gasteiger partial charge in [0.05, 0.1) is 17.5 Å². The maximum absolute atomic E-state index is 14.3. The number of carboxylic acids is 1. The van der Waals surface area contributed by atoms with Crippen LogP contribution in [-0.4, -0.2) is 38.1 Å². The molecule has 2 saturated heterocycles. The molecule has 7 rings (SSSR count). The Hall–Kier alpha value is -4.66. The molecular formula is C35H30ClN3O5. The predicted octanol–water partition coefficient (Wildman–Crippen LogP) is 6.00. The molecule has 4 atom stereocenters. The summed E-state index contributed by atoms with van der Waals surface area (Å²) in [4.78, 5) is 43.0. The Kier molecular flexibility index (Phi) is 6.53. The number of fused-ring (bicyclic) bond motifs is 4. The first kappa shape index (κ1) is 28.1. The number of aromatic hydroxyl groups is 1. The summed E-state index contributed by atoms with van der Waals surface area (Å²) in [6.45, 7) is 4.68. The molecule has 9 heteroatoms. The molecule has 0 saturated carbocycles. The normalized spacial score (nSPS) is 23.2. The number of carbonyl (C=O) groups is 3. The van der Waals surface area contributed by atoms with Crippen molar-refractivity contribution in [3.8, 4) is 5.75 Å². The van der Waals surface area contributed by atoms with Crippen LogP contribution in [0.1, 0.15) is 29.7 Å². The molecule has 2 fully saturated rings. The fourth-order valence-electron chi connectivity index (χ4n) is 7.24. The monoisotopic (exact) mass is 607 g/mol. The zero-order valence-corrected chi connectivity index (χ0v) is 24.9. The number of nitrogens with one attached hydrogen (secondary N) is 1. The average molecular weight is 608 g/mol. The third kappa shape index (κ3) is 4.05. The summed E-state index contributed by atoms with van der Waals surface area (Å²) in [6.07, 6.45) is -0.0703. The molecule has 2 aliphatic heterocycles. The van der Waals surface area contributed by atoms with Crippen LogP contribution in [0.4, 0.5) is 5.69 Å². The number of phenolic OH excluding ortho intramolecular Hbond substituents is 1. The number of nitrogens with zero attached hydrogens (tertiary/aromatic N) is 2. The van der Waals surface area contributed by atoms with Gasteiger partial charge in [-0.25, -0.2) is 4.90 Å². The summed E-state index contributed by atoms with van der Waals surface area (Å²) in [7, 11) is 0. The minimum absolute atomic E-state index is 0.0438. The largest absolute Gasteiger partial charge is 0.508 e. The molecule has 2 amide bonds. The number of phenols is 1. The third-order valence-corrected chi connectivity index (χ3v) is 9.75. The van der Waals surface area contributed by atoms with Gasteiger partial charge in [-0.05, 0) is 73.0 Å². The number of hydrogen-bond donors (Lipinski definition) is 3. The van der Waals surface area contributed by atoms with Crippen molar-refractivity contribution >= 4 is 56.9 Å². The van der Waals surface area contributed by atoms with E-state index in [1.54, 1.807) is 30.3 Å². The van der Waals surface area contributed by atoms with Crippen molar-refractivity contribution in [2.24, 2.45) is 11.8 Å². The van der Waals surface area contributed by atoms with E-state index in [-0.39, 0.29) is 12.2 Å². The van der Waals surface area contributed by atoms with E-state index in [0.717, 1.165) is 44.4 Å². The number of para-hydroxylation sites is 1. The van der Waals surface area contributed by atoms with Gasteiger partial charge in [-0.15, -0.1) is 0 Å². The Morgan fingerprint density at radius 3 is 2.36 bits per heavy atom. The zero-order chi connectivity index (χ0) is 30.9. The molecule has 4 aromatic carbocycles. The molecule has 0 aliphatic carbocycles. The zero-order valence-electron chi connectivity index (χ0n) is 24.1. The fraction of sp³-hybridized carbons (Fsp3) is 0.229. The number of aliphatic carboxylic acids is 1. The number of carbonyl (C=O) groups excluding carboxylic acids is 2. The summed E-state index contributed by atoms with van der Waals surface area (Å²) >= 11 is 6.40. The first-order chi connectivity index (χ1) is 21.1. The topological polar surface area (TPSA) is 112 Å². The number of aromatic nitrogens is 1. The van der Waals surface area contributed by atoms with Crippen molar-refractivity contribution in [1.82, 2.24) is 9.88 Å². The molecule has 1 aromatic heterocycles. The average Bonchev–Trinajstić information content (AvgIpc) is 3.62. The number of benzene rings is 4. The highest BCUT2D eigenvalue weighted by Gasteiger charge is 2.68. The van der Waals surface area contributed by atoms with Gasteiger partial charge in [0.2, 0.25) is 11.8 Å². The van der Waals surface area contributed by atoms with E-state index in [4.69, 9.17) is 11.6 Å². The Morgan fingerprint density at radius 1 is 0.932 bits per heavy atom. The van der Waals surface area contributed by atoms with Gasteiger partial charge in [0, 0.05) is 45.8 Å². The lowest BCUT2D eigenvalue weighted by atomic mass is 9.76. The molecule has 8 nitrogen and oxygen atoms in total. The quantitative estimate of drug-likeness (QED) is 0.204. The van der Waals surface area contributed by atoms with E-state index < -0.39 is 41.2 Å². The highest BCUT2D eigenvalue weighted by molar-refractivity contribution is 6.32. The van der Waals surface area contributed by atoms with Crippen LogP contribution >= 0.6 is 11.6 Å². The predicted molar refractivity (Wildman–Crippen MR) is 169 cm³/mol. The Morgan fingerprint density at radius 2 is 1.66 bits per heavy atom. The molecule has 4 unspecified atom stereocenters. The van der Waals surface area contributed by atoms with Gasteiger partial charge in [0.15, 0.2) is 0 Å². The number of imide groups is 1. The summed E-state index contributed by atoms with van der Waals surface area (Å²) < 4.78 is 2.22. The van der Waals surface area contributed by atoms with Crippen LogP contribution in [0.25, 0.3) is 21.8 Å². The van der Waals surface area contributed by atoms with Gasteiger partial charge in [0.25, 0.3) is 0 Å². The van der Waals surface area contributed by atoms with Crippen LogP contribution in [0.2, 0.25) is 5.02 Å². The highest BCUT2D eigenvalue weighted by atomic mass is 35.5. The van der Waals surface area contributed by atoms with Gasteiger partial charge in [-0.1, -0.05) is 54.1 Å². The first-order valence-corrected chi connectivity index (χ1v) is 15.0. The van der Waals surface area contributed by atoms with Crippen molar-refractivity contribution in [3.63, 3.8) is 0 Å². The molecular weight excluding hydrogens is 578 g/mol. The van der Waals surface area contributed by atoms with Gasteiger partial charge < -0.3 is 14.8 Å². The van der Waals surface area contributed by atoms with Crippen LogP contribution < -0.4 is 10.2 Å². The van der Waals surface area contributed by atoms with E-state index in [2.05, 4.69) is 28.9 Å². The van der Waals surface area contributed by atoms with Crippen molar-refractivity contribution in [1.29, 1.82) is 0 Å². The van der Waals surface area contributed by atoms with Crippen molar-refractivity contribution < 1.29 is 24.6 Å². The van der Waals surface area contributed by atoms with E-state index >= 15 is 0 Å². The number of aryl methyl sites for hydroxylation is 2. The lowest BCUT2D eigenvalue weighted by Crippen LogP contribution is -2.57. The maximum Gasteiger partial charge on any atom is 0.325 e. The minimum Gasteiger partial charge on any atom is -0.508 e. The molecule has 0 radical (unpaired) electrons. The number of anilines is 1. The first-order valence-electron chi connectivity index (χ1n) is 14.6. The highest BCUT2D eigenvalue weighted by Crippen LogP contribution is 2.51. The summed E-state index contributed by atoms with van der Waals surface area (Å²) in [6, 6.07) is 24.5. The summed E-state index contributed by atoms with van der Waals surface area (Å²) in [5, 5.41) is 26.5. The molecule has 3 N–H and O–H groups in total. The van der Waals surface area contributed by atoms with Crippen LogP contribution in [0, 0.1) is 18.8 Å². The van der Waals surface area contributed by atoms with E-state index in [1.807, 2.05) is 37.3 Å². The molecule has 3 heterocycles. The van der Waals surface area contributed by atoms with E-state index in [9.17, 15) is 24.6 Å². The van der Waals surface area contributed by atoms with Crippen LogP contribution in [0.15, 0.2) is 84.9 Å². The maximum atomic E-state index is 14.3. The molecule has 0 bridgehead atoms. The number of amides is 2. The second kappa shape index (κ2) is 10.2. The van der Waals surface area contributed by atoms with Crippen LogP contribution in [-0.2, 0) is 27.3 Å². The van der Waals surface area contributed by atoms with E-state index in [0.29, 0.717) is 16.3 Å². The SMILES string of the molecule is CCn1c2ccccc2c2cc(C3NC(Cc4ccc(O)cc4)(C(=O)O)C4C(=O)N(c5ccc(C)c(Cl)c5)C(=O)C34)ccc21. The number of halogens is 1. The molecule has 0 spiro atoms. The molecule has 44 heavy (non-hydrogen) atoms.